The van der Waals surface area contributed by atoms with Crippen molar-refractivity contribution in [1.29, 1.82) is 0 Å². The van der Waals surface area contributed by atoms with Gasteiger partial charge in [-0.05, 0) is 74.3 Å². The number of halogens is 1. The molecule has 0 saturated carbocycles. The van der Waals surface area contributed by atoms with Crippen LogP contribution in [0, 0.1) is 6.92 Å². The molecule has 0 aliphatic carbocycles. The van der Waals surface area contributed by atoms with E-state index < -0.39 is 35.8 Å². The van der Waals surface area contributed by atoms with E-state index in [0.717, 1.165) is 6.92 Å². The lowest BCUT2D eigenvalue weighted by atomic mass is 10.2. The van der Waals surface area contributed by atoms with E-state index in [1.807, 2.05) is 0 Å². The quantitative estimate of drug-likeness (QED) is 0.283. The summed E-state index contributed by atoms with van der Waals surface area (Å²) in [4.78, 5) is 13.3. The third-order valence-corrected chi connectivity index (χ3v) is 8.73. The molecule has 0 saturated heterocycles. The molecule has 0 spiro atoms. The molecular weight excluding hydrogens is 586 g/mol. The number of aryl methyl sites for hydroxylation is 1. The molecule has 0 amide bonds. The first kappa shape index (κ1) is 29.6. The van der Waals surface area contributed by atoms with E-state index in [1.165, 1.54) is 48.2 Å². The number of nitrogens with zero attached hydrogens (tertiary/aromatic N) is 4. The van der Waals surface area contributed by atoms with Crippen LogP contribution in [0.5, 0.6) is 0 Å². The van der Waals surface area contributed by atoms with Crippen molar-refractivity contribution in [2.24, 2.45) is 0 Å². The van der Waals surface area contributed by atoms with Crippen LogP contribution < -0.4 is 10.2 Å². The zero-order valence-electron chi connectivity index (χ0n) is 20.0. The van der Waals surface area contributed by atoms with Gasteiger partial charge in [0.05, 0.1) is 9.79 Å². The molecular formula is C20H22ClN5O9S3. The van der Waals surface area contributed by atoms with Crippen molar-refractivity contribution in [2.75, 3.05) is 16.8 Å². The van der Waals surface area contributed by atoms with Crippen molar-refractivity contribution in [1.82, 2.24) is 15.0 Å². The number of sulfone groups is 1. The number of nitrogens with one attached hydrogen (secondary N) is 1. The standard InChI is InChI=1S/C20H22ClN5O9S3/c1-4-26(15-6-5-7-16(11-15)36(27,28)13(3)35-38(32,33)34)20-24-18(21)23-19(25-20)22-14-8-9-17(12(2)10-14)37(29,30)31/h5-11,13H,4H2,1-3H3,(H,29,30,31)(H,32,33,34)(H,22,23,24,25). The van der Waals surface area contributed by atoms with Crippen LogP contribution in [0.2, 0.25) is 5.28 Å². The first-order valence-corrected chi connectivity index (χ1v) is 15.3. The Balaban J connectivity index is 1.96. The Bertz CT molecular complexity index is 1680. The SMILES string of the molecule is CCN(c1cccc(S(=O)(=O)C(C)OS(=O)(=O)O)c1)c1nc(Cl)nc(Nc2ccc(S(=O)(=O)O)c(C)c2)n1. The number of benzene rings is 2. The Morgan fingerprint density at radius 3 is 2.29 bits per heavy atom. The van der Waals surface area contributed by atoms with Gasteiger partial charge in [-0.15, -0.1) is 0 Å². The molecule has 2 aromatic carbocycles. The van der Waals surface area contributed by atoms with Gasteiger partial charge in [-0.2, -0.15) is 31.8 Å². The monoisotopic (exact) mass is 607 g/mol. The summed E-state index contributed by atoms with van der Waals surface area (Å²) in [6, 6.07) is 9.46. The maximum Gasteiger partial charge on any atom is 0.398 e. The lowest BCUT2D eigenvalue weighted by Gasteiger charge is -2.22. The summed E-state index contributed by atoms with van der Waals surface area (Å²) in [5, 5.41) is 2.66. The van der Waals surface area contributed by atoms with Crippen LogP contribution in [0.15, 0.2) is 52.3 Å². The van der Waals surface area contributed by atoms with Gasteiger partial charge < -0.3 is 10.2 Å². The molecule has 1 unspecified atom stereocenters. The molecule has 18 heteroatoms. The predicted octanol–water partition coefficient (Wildman–Crippen LogP) is 2.92. The molecule has 0 fully saturated rings. The Hall–Kier alpha value is -2.93. The summed E-state index contributed by atoms with van der Waals surface area (Å²) < 4.78 is 92.8. The highest BCUT2D eigenvalue weighted by molar-refractivity contribution is 7.92. The average molecular weight is 608 g/mol. The molecule has 206 valence electrons. The van der Waals surface area contributed by atoms with Crippen LogP contribution in [0.4, 0.5) is 23.3 Å². The van der Waals surface area contributed by atoms with Gasteiger partial charge in [0.15, 0.2) is 5.44 Å². The van der Waals surface area contributed by atoms with E-state index in [2.05, 4.69) is 24.5 Å². The van der Waals surface area contributed by atoms with Crippen LogP contribution in [-0.2, 0) is 34.5 Å². The highest BCUT2D eigenvalue weighted by atomic mass is 35.5. The third kappa shape index (κ3) is 7.13. The summed E-state index contributed by atoms with van der Waals surface area (Å²) in [6.45, 7) is 4.42. The highest BCUT2D eigenvalue weighted by Crippen LogP contribution is 2.29. The summed E-state index contributed by atoms with van der Waals surface area (Å²) in [7, 11) is -13.8. The van der Waals surface area contributed by atoms with E-state index in [0.29, 0.717) is 11.4 Å². The average Bonchev–Trinajstić information content (AvgIpc) is 2.77. The molecule has 1 aromatic heterocycles. The maximum atomic E-state index is 12.8. The highest BCUT2D eigenvalue weighted by Gasteiger charge is 2.29. The minimum absolute atomic E-state index is 0.0172. The van der Waals surface area contributed by atoms with E-state index in [9.17, 15) is 29.8 Å². The number of aromatic nitrogens is 3. The van der Waals surface area contributed by atoms with Crippen molar-refractivity contribution in [3.05, 3.63) is 53.3 Å². The van der Waals surface area contributed by atoms with Gasteiger partial charge >= 0.3 is 10.4 Å². The van der Waals surface area contributed by atoms with Crippen LogP contribution in [-0.4, -0.2) is 61.3 Å². The molecule has 0 radical (unpaired) electrons. The first-order valence-electron chi connectivity index (χ1n) is 10.5. The fourth-order valence-electron chi connectivity index (χ4n) is 3.34. The van der Waals surface area contributed by atoms with Crippen LogP contribution >= 0.6 is 11.6 Å². The maximum absolute atomic E-state index is 12.8. The topological polar surface area (TPSA) is 206 Å². The number of hydrogen-bond donors (Lipinski definition) is 3. The number of anilines is 4. The largest absolute Gasteiger partial charge is 0.398 e. The molecule has 3 rings (SSSR count). The fourth-order valence-corrected chi connectivity index (χ4v) is 6.20. The summed E-state index contributed by atoms with van der Waals surface area (Å²) in [5.74, 6) is 0.00877. The van der Waals surface area contributed by atoms with Crippen molar-refractivity contribution in [2.45, 2.75) is 36.0 Å². The molecule has 0 aliphatic heterocycles. The second-order valence-electron chi connectivity index (χ2n) is 7.69. The van der Waals surface area contributed by atoms with Gasteiger partial charge in [0.2, 0.25) is 27.0 Å². The normalized spacial score (nSPS) is 13.2. The van der Waals surface area contributed by atoms with E-state index in [4.69, 9.17) is 16.2 Å². The molecule has 3 N–H and O–H groups in total. The minimum atomic E-state index is -5.02. The van der Waals surface area contributed by atoms with Gasteiger partial charge in [-0.25, -0.2) is 12.6 Å². The van der Waals surface area contributed by atoms with E-state index in [-0.39, 0.29) is 39.1 Å². The number of hydrogen-bond acceptors (Lipinski definition) is 12. The minimum Gasteiger partial charge on any atom is -0.324 e. The zero-order valence-corrected chi connectivity index (χ0v) is 23.2. The Morgan fingerprint density at radius 2 is 1.71 bits per heavy atom. The van der Waals surface area contributed by atoms with Gasteiger partial charge in [-0.1, -0.05) is 6.07 Å². The first-order chi connectivity index (χ1) is 17.5. The van der Waals surface area contributed by atoms with E-state index in [1.54, 1.807) is 13.0 Å². The smallest absolute Gasteiger partial charge is 0.324 e. The molecule has 0 aliphatic rings. The third-order valence-electron chi connectivity index (χ3n) is 5.01. The summed E-state index contributed by atoms with van der Waals surface area (Å²) in [6.07, 6.45) is 0. The van der Waals surface area contributed by atoms with Gasteiger partial charge in [0.25, 0.3) is 10.1 Å². The lowest BCUT2D eigenvalue weighted by molar-refractivity contribution is 0.251. The molecule has 1 heterocycles. The van der Waals surface area contributed by atoms with Crippen LogP contribution in [0.3, 0.4) is 0 Å². The summed E-state index contributed by atoms with van der Waals surface area (Å²) >= 11 is 6.09. The Labute approximate surface area is 224 Å². The molecule has 0 bridgehead atoms. The zero-order chi connectivity index (χ0) is 28.5. The Kier molecular flexibility index (Phi) is 8.61. The molecule has 14 nitrogen and oxygen atoms in total. The lowest BCUT2D eigenvalue weighted by Crippen LogP contribution is -2.25. The predicted molar refractivity (Wildman–Crippen MR) is 138 cm³/mol. The van der Waals surface area contributed by atoms with Crippen molar-refractivity contribution in [3.63, 3.8) is 0 Å². The van der Waals surface area contributed by atoms with Crippen molar-refractivity contribution in [3.8, 4) is 0 Å². The van der Waals surface area contributed by atoms with Gasteiger partial charge in [0.1, 0.15) is 0 Å². The van der Waals surface area contributed by atoms with Crippen LogP contribution in [0.25, 0.3) is 0 Å². The fraction of sp³-hybridized carbons (Fsp3) is 0.250. The van der Waals surface area contributed by atoms with E-state index >= 15 is 0 Å². The number of rotatable bonds is 10. The molecule has 38 heavy (non-hydrogen) atoms. The second kappa shape index (κ2) is 11.0. The van der Waals surface area contributed by atoms with Crippen LogP contribution in [0.1, 0.15) is 19.4 Å². The van der Waals surface area contributed by atoms with Crippen molar-refractivity contribution >= 4 is 65.2 Å². The molecule has 1 atom stereocenters. The second-order valence-corrected chi connectivity index (χ2v) is 12.7. The van der Waals surface area contributed by atoms with Gasteiger partial charge in [0, 0.05) is 17.9 Å². The van der Waals surface area contributed by atoms with Crippen molar-refractivity contribution < 1.29 is 38.5 Å². The Morgan fingerprint density at radius 1 is 1.03 bits per heavy atom. The molecule has 3 aromatic rings. The van der Waals surface area contributed by atoms with Gasteiger partial charge in [-0.3, -0.25) is 9.11 Å². The summed E-state index contributed by atoms with van der Waals surface area (Å²) in [5.41, 5.74) is -0.958.